The lowest BCUT2D eigenvalue weighted by Gasteiger charge is -2.23. The minimum atomic E-state index is -1.31. The molecule has 1 aromatic rings. The van der Waals surface area contributed by atoms with Gasteiger partial charge in [0.1, 0.15) is 12.1 Å². The van der Waals surface area contributed by atoms with E-state index >= 15 is 0 Å². The third-order valence-corrected chi connectivity index (χ3v) is 4.52. The van der Waals surface area contributed by atoms with Crippen molar-refractivity contribution in [3.8, 4) is 0 Å². The first-order chi connectivity index (χ1) is 14.2. The molecule has 166 valence electrons. The van der Waals surface area contributed by atoms with Gasteiger partial charge in [-0.15, -0.1) is 0 Å². The van der Waals surface area contributed by atoms with E-state index in [9.17, 15) is 24.3 Å². The molecule has 3 atom stereocenters. The van der Waals surface area contributed by atoms with Gasteiger partial charge in [-0.3, -0.25) is 14.4 Å². The summed E-state index contributed by atoms with van der Waals surface area (Å²) in [5.41, 5.74) is 17.2. The Labute approximate surface area is 175 Å². The Morgan fingerprint density at radius 1 is 0.933 bits per heavy atom. The van der Waals surface area contributed by atoms with Crippen molar-refractivity contribution in [1.29, 1.82) is 0 Å². The second-order valence-electron chi connectivity index (χ2n) is 7.05. The molecule has 0 saturated carbocycles. The number of carbonyl (C=O) groups is 4. The van der Waals surface area contributed by atoms with E-state index in [4.69, 9.17) is 17.2 Å². The van der Waals surface area contributed by atoms with Gasteiger partial charge in [0.05, 0.1) is 6.04 Å². The molecule has 3 unspecified atom stereocenters. The summed E-state index contributed by atoms with van der Waals surface area (Å²) in [6.07, 6.45) is 1.62. The Morgan fingerprint density at radius 2 is 1.57 bits per heavy atom. The summed E-state index contributed by atoms with van der Waals surface area (Å²) < 4.78 is 0. The number of amides is 3. The highest BCUT2D eigenvalue weighted by atomic mass is 16.4. The predicted molar refractivity (Wildman–Crippen MR) is 111 cm³/mol. The molecule has 9 N–H and O–H groups in total. The fraction of sp³-hybridized carbons (Fsp3) is 0.500. The fourth-order valence-electron chi connectivity index (χ4n) is 2.79. The van der Waals surface area contributed by atoms with Gasteiger partial charge in [-0.25, -0.2) is 4.79 Å². The van der Waals surface area contributed by atoms with Crippen LogP contribution in [-0.2, 0) is 25.6 Å². The number of hydrogen-bond donors (Lipinski definition) is 6. The van der Waals surface area contributed by atoms with E-state index in [1.54, 1.807) is 24.3 Å². The van der Waals surface area contributed by atoms with E-state index in [2.05, 4.69) is 10.6 Å². The normalized spacial score (nSPS) is 13.7. The molecule has 10 nitrogen and oxygen atoms in total. The number of carbonyl (C=O) groups excluding carboxylic acids is 3. The second kappa shape index (κ2) is 13.3. The molecule has 0 aliphatic heterocycles. The van der Waals surface area contributed by atoms with Crippen LogP contribution in [-0.4, -0.2) is 53.5 Å². The van der Waals surface area contributed by atoms with Gasteiger partial charge in [0.25, 0.3) is 0 Å². The number of nitrogens with one attached hydrogen (secondary N) is 2. The zero-order valence-electron chi connectivity index (χ0n) is 16.9. The van der Waals surface area contributed by atoms with E-state index in [0.29, 0.717) is 19.4 Å². The van der Waals surface area contributed by atoms with Gasteiger partial charge >= 0.3 is 5.97 Å². The molecule has 0 saturated heterocycles. The molecular weight excluding hydrogens is 390 g/mol. The number of benzene rings is 1. The maximum atomic E-state index is 12.8. The third kappa shape index (κ3) is 9.48. The number of hydrogen-bond acceptors (Lipinski definition) is 6. The maximum absolute atomic E-state index is 12.8. The molecule has 0 bridgehead atoms. The number of carboxylic acid groups (broad SMARTS) is 1. The average Bonchev–Trinajstić information content (AvgIpc) is 2.70. The Balaban J connectivity index is 2.87. The number of carboxylic acids is 1. The Hall–Kier alpha value is -2.98. The van der Waals surface area contributed by atoms with E-state index in [0.717, 1.165) is 12.0 Å². The van der Waals surface area contributed by atoms with E-state index in [-0.39, 0.29) is 19.3 Å². The highest BCUT2D eigenvalue weighted by Crippen LogP contribution is 2.07. The van der Waals surface area contributed by atoms with Crippen molar-refractivity contribution >= 4 is 23.7 Å². The van der Waals surface area contributed by atoms with Crippen LogP contribution in [0, 0.1) is 0 Å². The minimum absolute atomic E-state index is 0.149. The molecule has 10 heteroatoms. The van der Waals surface area contributed by atoms with Crippen molar-refractivity contribution in [3.05, 3.63) is 35.9 Å². The monoisotopic (exact) mass is 421 g/mol. The van der Waals surface area contributed by atoms with Crippen molar-refractivity contribution in [2.24, 2.45) is 17.2 Å². The van der Waals surface area contributed by atoms with Crippen LogP contribution in [0.15, 0.2) is 30.3 Å². The lowest BCUT2D eigenvalue weighted by molar-refractivity contribution is -0.142. The molecule has 0 spiro atoms. The second-order valence-corrected chi connectivity index (χ2v) is 7.05. The smallest absolute Gasteiger partial charge is 0.326 e. The average molecular weight is 421 g/mol. The summed E-state index contributed by atoms with van der Waals surface area (Å²) in [7, 11) is 0. The van der Waals surface area contributed by atoms with Gasteiger partial charge in [-0.05, 0) is 31.4 Å². The van der Waals surface area contributed by atoms with Crippen LogP contribution in [0.2, 0.25) is 0 Å². The zero-order valence-corrected chi connectivity index (χ0v) is 16.9. The zero-order chi connectivity index (χ0) is 22.5. The summed E-state index contributed by atoms with van der Waals surface area (Å²) in [4.78, 5) is 47.6. The van der Waals surface area contributed by atoms with Crippen LogP contribution >= 0.6 is 0 Å². The summed E-state index contributed by atoms with van der Waals surface area (Å²) in [5, 5.41) is 14.3. The molecule has 0 aliphatic carbocycles. The number of aliphatic carboxylic acids is 1. The Morgan fingerprint density at radius 3 is 2.13 bits per heavy atom. The van der Waals surface area contributed by atoms with Crippen LogP contribution in [0.25, 0.3) is 0 Å². The highest BCUT2D eigenvalue weighted by Gasteiger charge is 2.28. The Kier molecular flexibility index (Phi) is 11.1. The first-order valence-corrected chi connectivity index (χ1v) is 9.86. The predicted octanol–water partition coefficient (Wildman–Crippen LogP) is -0.995. The fourth-order valence-corrected chi connectivity index (χ4v) is 2.79. The number of primary amides is 1. The summed E-state index contributed by atoms with van der Waals surface area (Å²) in [6.45, 7) is 0.495. The van der Waals surface area contributed by atoms with Crippen molar-refractivity contribution < 1.29 is 24.3 Å². The van der Waals surface area contributed by atoms with Gasteiger partial charge in [0.2, 0.25) is 17.7 Å². The van der Waals surface area contributed by atoms with Gasteiger partial charge < -0.3 is 32.9 Å². The van der Waals surface area contributed by atoms with Crippen LogP contribution in [0.5, 0.6) is 0 Å². The molecule has 0 aliphatic rings. The van der Waals surface area contributed by atoms with E-state index < -0.39 is 41.8 Å². The standard InChI is InChI=1S/C20H31N5O5/c21-11-5-4-8-14(22)18(27)25-16(12-13-6-2-1-3-7-13)19(28)24-15(20(29)30)9-10-17(23)26/h1-3,6-7,14-16H,4-5,8-12,21-22H2,(H2,23,26)(H,24,28)(H,25,27)(H,29,30). The van der Waals surface area contributed by atoms with Crippen LogP contribution < -0.4 is 27.8 Å². The molecular formula is C20H31N5O5. The first kappa shape index (κ1) is 25.1. The topological polar surface area (TPSA) is 191 Å². The van der Waals surface area contributed by atoms with Crippen LogP contribution in [0.1, 0.15) is 37.7 Å². The number of nitrogens with two attached hydrogens (primary N) is 3. The largest absolute Gasteiger partial charge is 0.480 e. The van der Waals surface area contributed by atoms with Crippen LogP contribution in [0.4, 0.5) is 0 Å². The summed E-state index contributed by atoms with van der Waals surface area (Å²) in [5.74, 6) is -3.16. The maximum Gasteiger partial charge on any atom is 0.326 e. The third-order valence-electron chi connectivity index (χ3n) is 4.52. The van der Waals surface area contributed by atoms with Crippen molar-refractivity contribution in [2.45, 2.75) is 56.7 Å². The highest BCUT2D eigenvalue weighted by molar-refractivity contribution is 5.92. The lowest BCUT2D eigenvalue weighted by atomic mass is 10.0. The molecule has 0 aromatic heterocycles. The minimum Gasteiger partial charge on any atom is -0.480 e. The number of rotatable bonds is 14. The van der Waals surface area contributed by atoms with E-state index in [1.165, 1.54) is 0 Å². The van der Waals surface area contributed by atoms with Crippen molar-refractivity contribution in [2.75, 3.05) is 6.54 Å². The summed E-state index contributed by atoms with van der Waals surface area (Å²) >= 11 is 0. The summed E-state index contributed by atoms with van der Waals surface area (Å²) in [6, 6.07) is 5.82. The number of unbranched alkanes of at least 4 members (excludes halogenated alkanes) is 1. The van der Waals surface area contributed by atoms with Gasteiger partial charge in [0, 0.05) is 12.8 Å². The molecule has 0 heterocycles. The molecule has 30 heavy (non-hydrogen) atoms. The van der Waals surface area contributed by atoms with Gasteiger partial charge in [0.15, 0.2) is 0 Å². The van der Waals surface area contributed by atoms with Crippen LogP contribution in [0.3, 0.4) is 0 Å². The molecule has 0 radical (unpaired) electrons. The van der Waals surface area contributed by atoms with Gasteiger partial charge in [-0.1, -0.05) is 36.8 Å². The van der Waals surface area contributed by atoms with Crippen molar-refractivity contribution in [1.82, 2.24) is 10.6 Å². The molecule has 1 rings (SSSR count). The quantitative estimate of drug-likeness (QED) is 0.208. The SMILES string of the molecule is NCCCCC(N)C(=O)NC(Cc1ccccc1)C(=O)NC(CCC(N)=O)C(=O)O. The lowest BCUT2D eigenvalue weighted by Crippen LogP contribution is -2.55. The van der Waals surface area contributed by atoms with Crippen molar-refractivity contribution in [3.63, 3.8) is 0 Å². The molecule has 0 fully saturated rings. The molecule has 3 amide bonds. The van der Waals surface area contributed by atoms with E-state index in [1.807, 2.05) is 6.07 Å². The molecule has 1 aromatic carbocycles. The Bertz CT molecular complexity index is 713. The first-order valence-electron chi connectivity index (χ1n) is 9.86. The van der Waals surface area contributed by atoms with Gasteiger partial charge in [-0.2, -0.15) is 0 Å².